The minimum Gasteiger partial charge on any atom is -0.490 e. The average Bonchev–Trinajstić information content (AvgIpc) is 2.46. The maximum atomic E-state index is 10.9. The predicted molar refractivity (Wildman–Crippen MR) is 70.6 cm³/mol. The molecular formula is C13H18N2O4. The zero-order chi connectivity index (χ0) is 13.7. The number of ether oxygens (including phenoxy) is 2. The number of nitro groups is 1. The molecule has 0 atom stereocenters. The Morgan fingerprint density at radius 2 is 2.16 bits per heavy atom. The van der Waals surface area contributed by atoms with E-state index in [-0.39, 0.29) is 5.69 Å². The first-order chi connectivity index (χ1) is 9.20. The summed E-state index contributed by atoms with van der Waals surface area (Å²) in [5.74, 6) is 0.306. The molecular weight excluding hydrogens is 248 g/mol. The van der Waals surface area contributed by atoms with Gasteiger partial charge in [0.2, 0.25) is 0 Å². The maximum absolute atomic E-state index is 10.9. The van der Waals surface area contributed by atoms with Gasteiger partial charge in [-0.25, -0.2) is 0 Å². The van der Waals surface area contributed by atoms with Crippen LogP contribution in [0.25, 0.3) is 0 Å². The van der Waals surface area contributed by atoms with Gasteiger partial charge in [0, 0.05) is 25.7 Å². The van der Waals surface area contributed by atoms with Gasteiger partial charge >= 0.3 is 5.69 Å². The topological polar surface area (TPSA) is 64.8 Å². The van der Waals surface area contributed by atoms with E-state index >= 15 is 0 Å². The largest absolute Gasteiger partial charge is 0.490 e. The molecule has 0 radical (unpaired) electrons. The van der Waals surface area contributed by atoms with E-state index < -0.39 is 4.92 Å². The van der Waals surface area contributed by atoms with Gasteiger partial charge in [-0.2, -0.15) is 0 Å². The third-order valence-electron chi connectivity index (χ3n) is 3.26. The van der Waals surface area contributed by atoms with Crippen LogP contribution in [0.1, 0.15) is 5.56 Å². The molecule has 19 heavy (non-hydrogen) atoms. The van der Waals surface area contributed by atoms with Crippen molar-refractivity contribution in [2.24, 2.45) is 0 Å². The first-order valence-electron chi connectivity index (χ1n) is 6.32. The van der Waals surface area contributed by atoms with Gasteiger partial charge in [0.15, 0.2) is 5.75 Å². The molecule has 0 saturated carbocycles. The van der Waals surface area contributed by atoms with Gasteiger partial charge in [-0.15, -0.1) is 0 Å². The number of rotatable bonds is 5. The standard InChI is InChI=1S/C13H18N2O4/c1-18-13-3-2-11(10-12(13)15(16)17)4-5-14-6-8-19-9-7-14/h2-3,10H,4-9H2,1H3. The van der Waals surface area contributed by atoms with Crippen LogP contribution in [0.15, 0.2) is 18.2 Å². The van der Waals surface area contributed by atoms with Gasteiger partial charge in [-0.3, -0.25) is 15.0 Å². The number of nitro benzene ring substituents is 1. The molecule has 0 bridgehead atoms. The summed E-state index contributed by atoms with van der Waals surface area (Å²) in [6, 6.07) is 5.14. The summed E-state index contributed by atoms with van der Waals surface area (Å²) < 4.78 is 10.3. The van der Waals surface area contributed by atoms with Crippen molar-refractivity contribution < 1.29 is 14.4 Å². The van der Waals surface area contributed by atoms with Crippen LogP contribution in [0, 0.1) is 10.1 Å². The summed E-state index contributed by atoms with van der Waals surface area (Å²) in [4.78, 5) is 12.8. The second-order valence-electron chi connectivity index (χ2n) is 4.47. The van der Waals surface area contributed by atoms with Gasteiger partial charge in [0.25, 0.3) is 0 Å². The van der Waals surface area contributed by atoms with E-state index in [1.165, 1.54) is 7.11 Å². The molecule has 0 unspecified atom stereocenters. The lowest BCUT2D eigenvalue weighted by molar-refractivity contribution is -0.385. The lowest BCUT2D eigenvalue weighted by Crippen LogP contribution is -2.37. The zero-order valence-electron chi connectivity index (χ0n) is 11.0. The highest BCUT2D eigenvalue weighted by Crippen LogP contribution is 2.27. The normalized spacial score (nSPS) is 16.3. The molecule has 1 aliphatic rings. The van der Waals surface area contributed by atoms with Crippen LogP contribution in [0.5, 0.6) is 5.75 Å². The second kappa shape index (κ2) is 6.49. The van der Waals surface area contributed by atoms with Crippen LogP contribution >= 0.6 is 0 Å². The molecule has 6 heteroatoms. The van der Waals surface area contributed by atoms with Crippen LogP contribution in [0.3, 0.4) is 0 Å². The molecule has 1 aromatic carbocycles. The van der Waals surface area contributed by atoms with Crippen LogP contribution in [0.4, 0.5) is 5.69 Å². The maximum Gasteiger partial charge on any atom is 0.311 e. The van der Waals surface area contributed by atoms with E-state index in [0.717, 1.165) is 44.8 Å². The molecule has 0 aromatic heterocycles. The molecule has 2 rings (SSSR count). The van der Waals surface area contributed by atoms with Crippen molar-refractivity contribution in [3.05, 3.63) is 33.9 Å². The lowest BCUT2D eigenvalue weighted by Gasteiger charge is -2.26. The van der Waals surface area contributed by atoms with Crippen molar-refractivity contribution >= 4 is 5.69 Å². The Balaban J connectivity index is 2.00. The quantitative estimate of drug-likeness (QED) is 0.596. The molecule has 0 N–H and O–H groups in total. The summed E-state index contributed by atoms with van der Waals surface area (Å²) in [6.45, 7) is 4.29. The first-order valence-corrected chi connectivity index (χ1v) is 6.32. The minimum atomic E-state index is -0.406. The van der Waals surface area contributed by atoms with Gasteiger partial charge in [0.1, 0.15) is 0 Å². The molecule has 0 spiro atoms. The van der Waals surface area contributed by atoms with E-state index in [1.54, 1.807) is 12.1 Å². The fourth-order valence-electron chi connectivity index (χ4n) is 2.15. The van der Waals surface area contributed by atoms with Crippen molar-refractivity contribution in [3.8, 4) is 5.75 Å². The Bertz CT molecular complexity index is 444. The van der Waals surface area contributed by atoms with Crippen molar-refractivity contribution in [3.63, 3.8) is 0 Å². The van der Waals surface area contributed by atoms with Gasteiger partial charge in [-0.1, -0.05) is 6.07 Å². The summed E-state index contributed by atoms with van der Waals surface area (Å²) in [7, 11) is 1.44. The Morgan fingerprint density at radius 1 is 1.42 bits per heavy atom. The Morgan fingerprint density at radius 3 is 2.79 bits per heavy atom. The summed E-state index contributed by atoms with van der Waals surface area (Å²) in [6.07, 6.45) is 0.796. The van der Waals surface area contributed by atoms with E-state index in [4.69, 9.17) is 9.47 Å². The highest BCUT2D eigenvalue weighted by molar-refractivity contribution is 5.48. The predicted octanol–water partition coefficient (Wildman–Crippen LogP) is 1.48. The molecule has 1 aromatic rings. The van der Waals surface area contributed by atoms with E-state index in [1.807, 2.05) is 6.07 Å². The SMILES string of the molecule is COc1ccc(CCN2CCOCC2)cc1[N+](=O)[O-]. The highest BCUT2D eigenvalue weighted by atomic mass is 16.6. The van der Waals surface area contributed by atoms with Gasteiger partial charge in [-0.05, 0) is 18.1 Å². The zero-order valence-corrected chi connectivity index (χ0v) is 11.0. The van der Waals surface area contributed by atoms with E-state index in [2.05, 4.69) is 4.90 Å². The molecule has 1 aliphatic heterocycles. The monoisotopic (exact) mass is 266 g/mol. The smallest absolute Gasteiger partial charge is 0.311 e. The Kier molecular flexibility index (Phi) is 4.70. The minimum absolute atomic E-state index is 0.0296. The van der Waals surface area contributed by atoms with Gasteiger partial charge in [0.05, 0.1) is 25.2 Å². The first kappa shape index (κ1) is 13.8. The van der Waals surface area contributed by atoms with Crippen LogP contribution in [-0.4, -0.2) is 49.8 Å². The van der Waals surface area contributed by atoms with Crippen LogP contribution in [0.2, 0.25) is 0 Å². The highest BCUT2D eigenvalue weighted by Gasteiger charge is 2.16. The van der Waals surface area contributed by atoms with Crippen LogP contribution < -0.4 is 4.74 Å². The fraction of sp³-hybridized carbons (Fsp3) is 0.538. The molecule has 104 valence electrons. The molecule has 0 amide bonds. The Hall–Kier alpha value is -1.66. The van der Waals surface area contributed by atoms with E-state index in [0.29, 0.717) is 5.75 Å². The number of morpholine rings is 1. The van der Waals surface area contributed by atoms with Crippen LogP contribution in [-0.2, 0) is 11.2 Å². The number of hydrogen-bond donors (Lipinski definition) is 0. The molecule has 1 heterocycles. The van der Waals surface area contributed by atoms with E-state index in [9.17, 15) is 10.1 Å². The number of benzene rings is 1. The third-order valence-corrected chi connectivity index (χ3v) is 3.26. The second-order valence-corrected chi connectivity index (χ2v) is 4.47. The average molecular weight is 266 g/mol. The molecule has 1 fully saturated rings. The number of nitrogens with zero attached hydrogens (tertiary/aromatic N) is 2. The Labute approximate surface area is 112 Å². The fourth-order valence-corrected chi connectivity index (χ4v) is 2.15. The van der Waals surface area contributed by atoms with Crippen molar-refractivity contribution in [2.45, 2.75) is 6.42 Å². The summed E-state index contributed by atoms with van der Waals surface area (Å²) in [5.41, 5.74) is 0.987. The van der Waals surface area contributed by atoms with Crippen molar-refractivity contribution in [2.75, 3.05) is 40.0 Å². The van der Waals surface area contributed by atoms with Crippen molar-refractivity contribution in [1.82, 2.24) is 4.90 Å². The lowest BCUT2D eigenvalue weighted by atomic mass is 10.1. The molecule has 0 aliphatic carbocycles. The molecule has 6 nitrogen and oxygen atoms in total. The number of hydrogen-bond acceptors (Lipinski definition) is 5. The summed E-state index contributed by atoms with van der Waals surface area (Å²) in [5, 5.41) is 10.9. The third kappa shape index (κ3) is 3.65. The van der Waals surface area contributed by atoms with Crippen molar-refractivity contribution in [1.29, 1.82) is 0 Å². The van der Waals surface area contributed by atoms with Gasteiger partial charge < -0.3 is 9.47 Å². The summed E-state index contributed by atoms with van der Waals surface area (Å²) >= 11 is 0. The number of methoxy groups -OCH3 is 1. The molecule has 1 saturated heterocycles.